The van der Waals surface area contributed by atoms with Crippen molar-refractivity contribution in [3.05, 3.63) is 47.7 Å². The lowest BCUT2D eigenvalue weighted by atomic mass is 10.3. The predicted molar refractivity (Wildman–Crippen MR) is 94.0 cm³/mol. The Balaban J connectivity index is 1.43. The Morgan fingerprint density at radius 1 is 1.27 bits per heavy atom. The number of pyridine rings is 1. The molecule has 0 aromatic carbocycles. The van der Waals surface area contributed by atoms with Gasteiger partial charge < -0.3 is 15.0 Å². The molecular formula is C17H19N7O2. The third kappa shape index (κ3) is 3.47. The number of ether oxygens (including phenoxy) is 1. The fraction of sp³-hybridized carbons (Fsp3) is 0.353. The summed E-state index contributed by atoms with van der Waals surface area (Å²) in [5.41, 5.74) is 1.72. The van der Waals surface area contributed by atoms with Crippen LogP contribution >= 0.6 is 0 Å². The maximum absolute atomic E-state index is 12.3. The van der Waals surface area contributed by atoms with Crippen LogP contribution in [0.3, 0.4) is 0 Å². The molecule has 0 saturated carbocycles. The minimum Gasteiger partial charge on any atom is -0.378 e. The van der Waals surface area contributed by atoms with Crippen molar-refractivity contribution >= 4 is 17.5 Å². The normalized spacial score (nSPS) is 14.6. The van der Waals surface area contributed by atoms with Gasteiger partial charge in [-0.15, -0.1) is 5.10 Å². The summed E-state index contributed by atoms with van der Waals surface area (Å²) in [6, 6.07) is 5.79. The number of nitrogens with one attached hydrogen (secondary N) is 1. The largest absolute Gasteiger partial charge is 0.378 e. The van der Waals surface area contributed by atoms with Crippen LogP contribution in [0.1, 0.15) is 21.9 Å². The highest BCUT2D eigenvalue weighted by Gasteiger charge is 2.15. The van der Waals surface area contributed by atoms with Crippen molar-refractivity contribution < 1.29 is 9.53 Å². The highest BCUT2D eigenvalue weighted by Crippen LogP contribution is 2.13. The van der Waals surface area contributed by atoms with Crippen LogP contribution in [0.15, 0.2) is 30.6 Å². The zero-order chi connectivity index (χ0) is 17.9. The maximum Gasteiger partial charge on any atom is 0.291 e. The molecule has 26 heavy (non-hydrogen) atoms. The van der Waals surface area contributed by atoms with Crippen molar-refractivity contribution in [2.75, 3.05) is 31.2 Å². The average molecular weight is 353 g/mol. The SMILES string of the molecule is Cc1cnc2nc(C(=O)NCc3cccc(N4CCOCC4)n3)nn2c1. The number of morpholine rings is 1. The first-order valence-electron chi connectivity index (χ1n) is 8.45. The van der Waals surface area contributed by atoms with Crippen LogP contribution in [0.4, 0.5) is 5.82 Å². The number of nitrogens with zero attached hydrogens (tertiary/aromatic N) is 6. The predicted octanol–water partition coefficient (Wildman–Crippen LogP) is 0.594. The first-order chi connectivity index (χ1) is 12.7. The summed E-state index contributed by atoms with van der Waals surface area (Å²) in [4.78, 5) is 27.4. The van der Waals surface area contributed by atoms with Crippen LogP contribution in [0.25, 0.3) is 5.78 Å². The molecule has 1 fully saturated rings. The first kappa shape index (κ1) is 16.4. The average Bonchev–Trinajstić information content (AvgIpc) is 3.10. The molecular weight excluding hydrogens is 334 g/mol. The number of hydrogen-bond donors (Lipinski definition) is 1. The number of fused-ring (bicyclic) bond motifs is 1. The second-order valence-corrected chi connectivity index (χ2v) is 6.08. The van der Waals surface area contributed by atoms with Crippen molar-refractivity contribution in [3.8, 4) is 0 Å². The fourth-order valence-corrected chi connectivity index (χ4v) is 2.76. The molecule has 0 unspecified atom stereocenters. The van der Waals surface area contributed by atoms with Crippen molar-refractivity contribution in [1.29, 1.82) is 0 Å². The molecule has 1 N–H and O–H groups in total. The van der Waals surface area contributed by atoms with E-state index in [0.717, 1.165) is 30.2 Å². The standard InChI is InChI=1S/C17H19N7O2/c1-12-9-19-17-21-15(22-24(17)11-12)16(25)18-10-13-3-2-4-14(20-13)23-5-7-26-8-6-23/h2-4,9,11H,5-8,10H2,1H3,(H,18,25). The number of rotatable bonds is 4. The lowest BCUT2D eigenvalue weighted by Gasteiger charge is -2.28. The van der Waals surface area contributed by atoms with Gasteiger partial charge >= 0.3 is 0 Å². The van der Waals surface area contributed by atoms with Crippen molar-refractivity contribution in [2.45, 2.75) is 13.5 Å². The van der Waals surface area contributed by atoms with Gasteiger partial charge in [0, 0.05) is 25.5 Å². The summed E-state index contributed by atoms with van der Waals surface area (Å²) in [7, 11) is 0. The Morgan fingerprint density at radius 2 is 2.12 bits per heavy atom. The molecule has 134 valence electrons. The molecule has 1 saturated heterocycles. The molecule has 0 spiro atoms. The van der Waals surface area contributed by atoms with E-state index in [1.54, 1.807) is 12.4 Å². The van der Waals surface area contributed by atoms with E-state index in [4.69, 9.17) is 4.74 Å². The summed E-state index contributed by atoms with van der Waals surface area (Å²) in [6.45, 7) is 5.26. The zero-order valence-electron chi connectivity index (χ0n) is 14.4. The summed E-state index contributed by atoms with van der Waals surface area (Å²) < 4.78 is 6.87. The molecule has 1 aliphatic heterocycles. The van der Waals surface area contributed by atoms with Crippen LogP contribution < -0.4 is 10.2 Å². The number of aromatic nitrogens is 5. The number of hydrogen-bond acceptors (Lipinski definition) is 7. The Morgan fingerprint density at radius 3 is 2.96 bits per heavy atom. The number of amides is 1. The minimum atomic E-state index is -0.355. The zero-order valence-corrected chi connectivity index (χ0v) is 14.4. The lowest BCUT2D eigenvalue weighted by Crippen LogP contribution is -2.37. The molecule has 4 heterocycles. The highest BCUT2D eigenvalue weighted by molar-refractivity contribution is 5.90. The molecule has 0 bridgehead atoms. The van der Waals surface area contributed by atoms with E-state index >= 15 is 0 Å². The summed E-state index contributed by atoms with van der Waals surface area (Å²) in [6.07, 6.45) is 3.46. The van der Waals surface area contributed by atoms with E-state index in [2.05, 4.69) is 30.3 Å². The van der Waals surface area contributed by atoms with Crippen LogP contribution in [-0.4, -0.2) is 56.8 Å². The monoisotopic (exact) mass is 353 g/mol. The van der Waals surface area contributed by atoms with Gasteiger partial charge in [0.1, 0.15) is 5.82 Å². The summed E-state index contributed by atoms with van der Waals surface area (Å²) in [5.74, 6) is 1.03. The van der Waals surface area contributed by atoms with Gasteiger partial charge in [0.05, 0.1) is 25.5 Å². The second-order valence-electron chi connectivity index (χ2n) is 6.08. The Bertz CT molecular complexity index is 934. The molecule has 9 nitrogen and oxygen atoms in total. The molecule has 3 aromatic rings. The Labute approximate surface area is 150 Å². The van der Waals surface area contributed by atoms with Gasteiger partial charge in [-0.2, -0.15) is 4.98 Å². The first-order valence-corrected chi connectivity index (χ1v) is 8.45. The van der Waals surface area contributed by atoms with Gasteiger partial charge in [-0.25, -0.2) is 14.5 Å². The molecule has 1 aliphatic rings. The van der Waals surface area contributed by atoms with Crippen molar-refractivity contribution in [2.24, 2.45) is 0 Å². The van der Waals surface area contributed by atoms with Crippen molar-refractivity contribution in [3.63, 3.8) is 0 Å². The van der Waals surface area contributed by atoms with E-state index in [1.807, 2.05) is 25.1 Å². The third-order valence-corrected chi connectivity index (χ3v) is 4.08. The number of carbonyl (C=O) groups excluding carboxylic acids is 1. The number of anilines is 1. The van der Waals surface area contributed by atoms with Gasteiger partial charge in [-0.1, -0.05) is 6.07 Å². The number of carbonyl (C=O) groups is 1. The van der Waals surface area contributed by atoms with Gasteiger partial charge in [0.25, 0.3) is 11.7 Å². The van der Waals surface area contributed by atoms with Gasteiger partial charge in [0.15, 0.2) is 0 Å². The van der Waals surface area contributed by atoms with Gasteiger partial charge in [0.2, 0.25) is 5.82 Å². The molecule has 0 radical (unpaired) electrons. The highest BCUT2D eigenvalue weighted by atomic mass is 16.5. The van der Waals surface area contributed by atoms with Crippen molar-refractivity contribution in [1.82, 2.24) is 29.9 Å². The Hall–Kier alpha value is -3.07. The van der Waals surface area contributed by atoms with E-state index < -0.39 is 0 Å². The smallest absolute Gasteiger partial charge is 0.291 e. The van der Waals surface area contributed by atoms with E-state index in [0.29, 0.717) is 25.5 Å². The van der Waals surface area contributed by atoms with E-state index in [-0.39, 0.29) is 11.7 Å². The van der Waals surface area contributed by atoms with Gasteiger partial charge in [-0.05, 0) is 24.6 Å². The minimum absolute atomic E-state index is 0.0902. The van der Waals surface area contributed by atoms with Crippen LogP contribution in [0, 0.1) is 6.92 Å². The summed E-state index contributed by atoms with van der Waals surface area (Å²) in [5, 5.41) is 6.98. The fourth-order valence-electron chi connectivity index (χ4n) is 2.76. The van der Waals surface area contributed by atoms with Crippen LogP contribution in [-0.2, 0) is 11.3 Å². The second kappa shape index (κ2) is 7.04. The molecule has 0 aliphatic carbocycles. The molecule has 0 atom stereocenters. The van der Waals surface area contributed by atoms with Crippen LogP contribution in [0.2, 0.25) is 0 Å². The quantitative estimate of drug-likeness (QED) is 0.733. The van der Waals surface area contributed by atoms with Gasteiger partial charge in [-0.3, -0.25) is 4.79 Å². The molecule has 1 amide bonds. The van der Waals surface area contributed by atoms with E-state index in [9.17, 15) is 4.79 Å². The maximum atomic E-state index is 12.3. The lowest BCUT2D eigenvalue weighted by molar-refractivity contribution is 0.0940. The molecule has 3 aromatic heterocycles. The topological polar surface area (TPSA) is 97.5 Å². The summed E-state index contributed by atoms with van der Waals surface area (Å²) >= 11 is 0. The van der Waals surface area contributed by atoms with Crippen LogP contribution in [0.5, 0.6) is 0 Å². The Kier molecular flexibility index (Phi) is 4.44. The van der Waals surface area contributed by atoms with E-state index in [1.165, 1.54) is 4.52 Å². The number of aryl methyl sites for hydroxylation is 1. The third-order valence-electron chi connectivity index (χ3n) is 4.08. The molecule has 4 rings (SSSR count). The molecule has 9 heteroatoms.